The van der Waals surface area contributed by atoms with E-state index in [-0.39, 0.29) is 12.4 Å². The summed E-state index contributed by atoms with van der Waals surface area (Å²) in [4.78, 5) is 5.25. The molecule has 3 heterocycles. The van der Waals surface area contributed by atoms with Gasteiger partial charge in [0.25, 0.3) is 0 Å². The SMILES string of the molecule is CCc1nn(-c2ccccc2)c2cc(N3CCN(C4CCNCC4)CC3)ccc12.Cl. The van der Waals surface area contributed by atoms with Crippen LogP contribution in [0.15, 0.2) is 48.5 Å². The van der Waals surface area contributed by atoms with Crippen molar-refractivity contribution < 1.29 is 0 Å². The van der Waals surface area contributed by atoms with Crippen molar-refractivity contribution in [1.82, 2.24) is 20.0 Å². The van der Waals surface area contributed by atoms with Gasteiger partial charge in [-0.1, -0.05) is 25.1 Å². The maximum absolute atomic E-state index is 4.92. The van der Waals surface area contributed by atoms with Gasteiger partial charge in [-0.05, 0) is 62.7 Å². The van der Waals surface area contributed by atoms with Crippen molar-refractivity contribution >= 4 is 29.0 Å². The summed E-state index contributed by atoms with van der Waals surface area (Å²) in [7, 11) is 0. The average molecular weight is 426 g/mol. The van der Waals surface area contributed by atoms with Gasteiger partial charge in [0.1, 0.15) is 0 Å². The summed E-state index contributed by atoms with van der Waals surface area (Å²) in [5, 5.41) is 9.68. The molecule has 0 saturated carbocycles. The fraction of sp³-hybridized carbons (Fsp3) is 0.458. The zero-order chi connectivity index (χ0) is 19.6. The first kappa shape index (κ1) is 21.2. The van der Waals surface area contributed by atoms with Crippen molar-refractivity contribution in [3.63, 3.8) is 0 Å². The smallest absolute Gasteiger partial charge is 0.0764 e. The number of rotatable bonds is 4. The van der Waals surface area contributed by atoms with Crippen LogP contribution in [0.5, 0.6) is 0 Å². The lowest BCUT2D eigenvalue weighted by Crippen LogP contribution is -2.52. The van der Waals surface area contributed by atoms with E-state index in [2.05, 4.69) is 75.3 Å². The summed E-state index contributed by atoms with van der Waals surface area (Å²) in [6, 6.07) is 18.2. The molecule has 2 fully saturated rings. The van der Waals surface area contributed by atoms with Crippen LogP contribution in [-0.4, -0.2) is 60.0 Å². The van der Waals surface area contributed by atoms with E-state index in [1.165, 1.54) is 61.3 Å². The summed E-state index contributed by atoms with van der Waals surface area (Å²) in [5.41, 5.74) is 4.84. The highest BCUT2D eigenvalue weighted by atomic mass is 35.5. The Balaban J connectivity index is 0.00000218. The molecule has 160 valence electrons. The molecule has 0 amide bonds. The lowest BCUT2D eigenvalue weighted by molar-refractivity contribution is 0.153. The molecule has 0 aliphatic carbocycles. The summed E-state index contributed by atoms with van der Waals surface area (Å²) in [6.07, 6.45) is 3.54. The van der Waals surface area contributed by atoms with Gasteiger partial charge in [0, 0.05) is 43.3 Å². The van der Waals surface area contributed by atoms with E-state index in [9.17, 15) is 0 Å². The van der Waals surface area contributed by atoms with E-state index in [0.29, 0.717) is 0 Å². The van der Waals surface area contributed by atoms with E-state index in [4.69, 9.17) is 5.10 Å². The van der Waals surface area contributed by atoms with Crippen LogP contribution in [-0.2, 0) is 6.42 Å². The van der Waals surface area contributed by atoms with Gasteiger partial charge in [-0.3, -0.25) is 4.90 Å². The van der Waals surface area contributed by atoms with Crippen LogP contribution in [0, 0.1) is 0 Å². The van der Waals surface area contributed by atoms with Crippen LogP contribution in [0.2, 0.25) is 0 Å². The van der Waals surface area contributed by atoms with Crippen LogP contribution >= 0.6 is 12.4 Å². The molecule has 0 atom stereocenters. The molecule has 2 saturated heterocycles. The first-order chi connectivity index (χ1) is 14.3. The summed E-state index contributed by atoms with van der Waals surface area (Å²) >= 11 is 0. The third-order valence-electron chi connectivity index (χ3n) is 6.58. The molecule has 0 unspecified atom stereocenters. The van der Waals surface area contributed by atoms with E-state index >= 15 is 0 Å². The van der Waals surface area contributed by atoms with Crippen LogP contribution in [0.1, 0.15) is 25.5 Å². The number of hydrogen-bond donors (Lipinski definition) is 1. The predicted molar refractivity (Wildman–Crippen MR) is 127 cm³/mol. The number of aromatic nitrogens is 2. The number of anilines is 1. The van der Waals surface area contributed by atoms with E-state index < -0.39 is 0 Å². The molecule has 6 heteroatoms. The van der Waals surface area contributed by atoms with Crippen LogP contribution in [0.3, 0.4) is 0 Å². The van der Waals surface area contributed by atoms with Gasteiger partial charge >= 0.3 is 0 Å². The molecule has 3 aromatic rings. The lowest BCUT2D eigenvalue weighted by Gasteiger charge is -2.41. The van der Waals surface area contributed by atoms with E-state index in [0.717, 1.165) is 31.2 Å². The average Bonchev–Trinajstić information content (AvgIpc) is 3.18. The molecule has 0 spiro atoms. The minimum absolute atomic E-state index is 0. The molecular weight excluding hydrogens is 394 g/mol. The Morgan fingerprint density at radius 1 is 0.933 bits per heavy atom. The monoisotopic (exact) mass is 425 g/mol. The second kappa shape index (κ2) is 9.38. The van der Waals surface area contributed by atoms with Crippen molar-refractivity contribution in [2.45, 2.75) is 32.2 Å². The molecule has 0 bridgehead atoms. The zero-order valence-electron chi connectivity index (χ0n) is 17.8. The van der Waals surface area contributed by atoms with Crippen LogP contribution < -0.4 is 10.2 Å². The number of benzene rings is 2. The number of fused-ring (bicyclic) bond motifs is 1. The van der Waals surface area contributed by atoms with Crippen LogP contribution in [0.25, 0.3) is 16.6 Å². The molecule has 2 aliphatic heterocycles. The Morgan fingerprint density at radius 3 is 2.37 bits per heavy atom. The van der Waals surface area contributed by atoms with Crippen molar-refractivity contribution in [3.8, 4) is 5.69 Å². The largest absolute Gasteiger partial charge is 0.369 e. The second-order valence-corrected chi connectivity index (χ2v) is 8.25. The summed E-state index contributed by atoms with van der Waals surface area (Å²) < 4.78 is 2.11. The van der Waals surface area contributed by atoms with Crippen LogP contribution in [0.4, 0.5) is 5.69 Å². The Bertz CT molecular complexity index is 956. The standard InChI is InChI=1S/C24H31N5.ClH/c1-2-23-22-9-8-21(18-24(22)29(26-23)20-6-4-3-5-7-20)28-16-14-27(15-17-28)19-10-12-25-13-11-19;/h3-9,18-19,25H,2,10-17H2,1H3;1H. The fourth-order valence-electron chi connectivity index (χ4n) is 4.91. The molecular formula is C24H32ClN5. The Kier molecular flexibility index (Phi) is 6.61. The minimum atomic E-state index is 0. The highest BCUT2D eigenvalue weighted by Crippen LogP contribution is 2.28. The molecule has 30 heavy (non-hydrogen) atoms. The Morgan fingerprint density at radius 2 is 1.67 bits per heavy atom. The predicted octanol–water partition coefficient (Wildman–Crippen LogP) is 3.88. The fourth-order valence-corrected chi connectivity index (χ4v) is 4.91. The van der Waals surface area contributed by atoms with Gasteiger partial charge in [-0.2, -0.15) is 5.10 Å². The van der Waals surface area contributed by atoms with Gasteiger partial charge in [-0.25, -0.2) is 4.68 Å². The number of nitrogens with one attached hydrogen (secondary N) is 1. The molecule has 1 N–H and O–H groups in total. The lowest BCUT2D eigenvalue weighted by atomic mass is 10.0. The van der Waals surface area contributed by atoms with Gasteiger partial charge < -0.3 is 10.2 Å². The molecule has 1 aromatic heterocycles. The molecule has 0 radical (unpaired) electrons. The Labute approximate surface area is 185 Å². The minimum Gasteiger partial charge on any atom is -0.369 e. The first-order valence-electron chi connectivity index (χ1n) is 11.1. The van der Waals surface area contributed by atoms with E-state index in [1.54, 1.807) is 0 Å². The normalized spacial score (nSPS) is 18.5. The number of para-hydroxylation sites is 1. The number of aryl methyl sites for hydroxylation is 1. The second-order valence-electron chi connectivity index (χ2n) is 8.25. The van der Waals surface area contributed by atoms with Gasteiger partial charge in [0.2, 0.25) is 0 Å². The summed E-state index contributed by atoms with van der Waals surface area (Å²) in [6.45, 7) is 9.08. The number of halogens is 1. The van der Waals surface area contributed by atoms with Crippen molar-refractivity contribution in [1.29, 1.82) is 0 Å². The molecule has 2 aromatic carbocycles. The molecule has 5 rings (SSSR count). The third-order valence-corrected chi connectivity index (χ3v) is 6.58. The van der Waals surface area contributed by atoms with Gasteiger partial charge in [0.15, 0.2) is 0 Å². The number of nitrogens with zero attached hydrogens (tertiary/aromatic N) is 4. The van der Waals surface area contributed by atoms with Crippen molar-refractivity contribution in [2.24, 2.45) is 0 Å². The Hall–Kier alpha value is -2.08. The molecule has 5 nitrogen and oxygen atoms in total. The van der Waals surface area contributed by atoms with Gasteiger partial charge in [0.05, 0.1) is 16.9 Å². The topological polar surface area (TPSA) is 36.3 Å². The maximum atomic E-state index is 4.92. The number of hydrogen-bond acceptors (Lipinski definition) is 4. The quantitative estimate of drug-likeness (QED) is 0.688. The third kappa shape index (κ3) is 4.07. The molecule has 2 aliphatic rings. The van der Waals surface area contributed by atoms with Gasteiger partial charge in [-0.15, -0.1) is 12.4 Å². The number of piperidine rings is 1. The zero-order valence-corrected chi connectivity index (χ0v) is 18.6. The highest BCUT2D eigenvalue weighted by Gasteiger charge is 2.25. The van der Waals surface area contributed by atoms with Crippen molar-refractivity contribution in [2.75, 3.05) is 44.2 Å². The van der Waals surface area contributed by atoms with Crippen molar-refractivity contribution in [3.05, 3.63) is 54.2 Å². The van der Waals surface area contributed by atoms with E-state index in [1.807, 2.05) is 0 Å². The maximum Gasteiger partial charge on any atom is 0.0764 e. The number of piperazine rings is 1. The first-order valence-corrected chi connectivity index (χ1v) is 11.1. The highest BCUT2D eigenvalue weighted by molar-refractivity contribution is 5.87. The summed E-state index contributed by atoms with van der Waals surface area (Å²) in [5.74, 6) is 0.